The van der Waals surface area contributed by atoms with Crippen LogP contribution in [0.25, 0.3) is 0 Å². The van der Waals surface area contributed by atoms with Crippen molar-refractivity contribution in [3.05, 3.63) is 0 Å². The Morgan fingerprint density at radius 2 is 2.31 bits per heavy atom. The van der Waals surface area contributed by atoms with Gasteiger partial charge in [-0.05, 0) is 13.3 Å². The summed E-state index contributed by atoms with van der Waals surface area (Å²) in [6.07, 6.45) is 0.590. The van der Waals surface area contributed by atoms with E-state index >= 15 is 0 Å². The van der Waals surface area contributed by atoms with Crippen molar-refractivity contribution in [3.8, 4) is 0 Å². The highest BCUT2D eigenvalue weighted by molar-refractivity contribution is 6.24. The van der Waals surface area contributed by atoms with E-state index in [4.69, 9.17) is 27.9 Å². The average molecular weight is 226 g/mol. The van der Waals surface area contributed by atoms with Crippen LogP contribution in [0.15, 0.2) is 0 Å². The number of ether oxygens (including phenoxy) is 1. The number of carbonyl (C=O) groups excluding carboxylic acids is 1. The number of hydrogen-bond donors (Lipinski definition) is 1. The highest BCUT2D eigenvalue weighted by atomic mass is 35.5. The van der Waals surface area contributed by atoms with Gasteiger partial charge in [0.1, 0.15) is 0 Å². The van der Waals surface area contributed by atoms with Crippen LogP contribution >= 0.6 is 23.2 Å². The average Bonchev–Trinajstić information content (AvgIpc) is 2.04. The summed E-state index contributed by atoms with van der Waals surface area (Å²) in [6.45, 7) is 2.67. The lowest BCUT2D eigenvalue weighted by Crippen LogP contribution is -2.45. The molecule has 0 saturated carbocycles. The van der Waals surface area contributed by atoms with E-state index in [2.05, 4.69) is 5.32 Å². The Kier molecular flexibility index (Phi) is 4.29. The maximum Gasteiger partial charge on any atom is 0.311 e. The van der Waals surface area contributed by atoms with Crippen LogP contribution in [-0.4, -0.2) is 30.0 Å². The van der Waals surface area contributed by atoms with E-state index in [1.807, 2.05) is 0 Å². The van der Waals surface area contributed by atoms with Crippen molar-refractivity contribution in [1.29, 1.82) is 0 Å². The largest absolute Gasteiger partial charge is 0.466 e. The van der Waals surface area contributed by atoms with Gasteiger partial charge < -0.3 is 10.1 Å². The molecule has 5 heteroatoms. The van der Waals surface area contributed by atoms with Crippen molar-refractivity contribution in [3.63, 3.8) is 0 Å². The van der Waals surface area contributed by atoms with Crippen molar-refractivity contribution < 1.29 is 9.53 Å². The summed E-state index contributed by atoms with van der Waals surface area (Å²) in [7, 11) is 0. The van der Waals surface area contributed by atoms with Crippen LogP contribution in [0.2, 0.25) is 0 Å². The predicted molar refractivity (Wildman–Crippen MR) is 52.0 cm³/mol. The fourth-order valence-corrected chi connectivity index (χ4v) is 2.05. The molecule has 76 valence electrons. The highest BCUT2D eigenvalue weighted by Gasteiger charge is 2.33. The molecular weight excluding hydrogens is 213 g/mol. The van der Waals surface area contributed by atoms with E-state index in [1.54, 1.807) is 6.92 Å². The van der Waals surface area contributed by atoms with Gasteiger partial charge in [0.25, 0.3) is 0 Å². The second-order valence-corrected chi connectivity index (χ2v) is 4.07. The van der Waals surface area contributed by atoms with Crippen molar-refractivity contribution in [2.24, 2.45) is 5.92 Å². The van der Waals surface area contributed by atoms with Crippen LogP contribution in [0.1, 0.15) is 13.3 Å². The first-order valence-corrected chi connectivity index (χ1v) is 5.20. The summed E-state index contributed by atoms with van der Waals surface area (Å²) in [5.41, 5.74) is -0.131. The molecule has 0 radical (unpaired) electrons. The minimum absolute atomic E-state index is 0.131. The first-order chi connectivity index (χ1) is 6.15. The van der Waals surface area contributed by atoms with E-state index in [-0.39, 0.29) is 22.8 Å². The molecule has 0 aliphatic carbocycles. The van der Waals surface area contributed by atoms with E-state index in [1.165, 1.54) is 0 Å². The van der Waals surface area contributed by atoms with E-state index in [9.17, 15) is 4.79 Å². The summed E-state index contributed by atoms with van der Waals surface area (Å²) in [4.78, 5) is 11.3. The third kappa shape index (κ3) is 3.01. The number of nitrogens with one attached hydrogen (secondary N) is 1. The Bertz CT molecular complexity index is 189. The molecule has 3 atom stereocenters. The molecule has 1 fully saturated rings. The van der Waals surface area contributed by atoms with Crippen molar-refractivity contribution in [1.82, 2.24) is 5.32 Å². The molecule has 1 aliphatic heterocycles. The van der Waals surface area contributed by atoms with Gasteiger partial charge in [-0.15, -0.1) is 23.2 Å². The van der Waals surface area contributed by atoms with E-state index in [0.717, 1.165) is 0 Å². The third-order valence-electron chi connectivity index (χ3n) is 2.02. The molecule has 13 heavy (non-hydrogen) atoms. The molecule has 1 heterocycles. The SMILES string of the molecule is CCOC(=O)C1CNC(Cl)CC1Cl. The fraction of sp³-hybridized carbons (Fsp3) is 0.875. The standard InChI is InChI=1S/C8H13Cl2NO2/c1-2-13-8(12)5-4-11-7(10)3-6(5)9/h5-7,11H,2-4H2,1H3. The monoisotopic (exact) mass is 225 g/mol. The van der Waals surface area contributed by atoms with Gasteiger partial charge in [-0.25, -0.2) is 0 Å². The molecule has 3 unspecified atom stereocenters. The number of piperidine rings is 1. The topological polar surface area (TPSA) is 38.3 Å². The molecule has 0 spiro atoms. The Hall–Kier alpha value is 0.01000. The maximum atomic E-state index is 11.3. The van der Waals surface area contributed by atoms with Gasteiger partial charge >= 0.3 is 5.97 Å². The summed E-state index contributed by atoms with van der Waals surface area (Å²) in [5.74, 6) is -0.504. The van der Waals surface area contributed by atoms with Gasteiger partial charge in [0.15, 0.2) is 0 Å². The number of rotatable bonds is 2. The van der Waals surface area contributed by atoms with Gasteiger partial charge in [-0.1, -0.05) is 0 Å². The van der Waals surface area contributed by atoms with Crippen LogP contribution in [0.4, 0.5) is 0 Å². The van der Waals surface area contributed by atoms with Crippen molar-refractivity contribution in [2.45, 2.75) is 24.2 Å². The first kappa shape index (κ1) is 11.1. The zero-order chi connectivity index (χ0) is 9.84. The first-order valence-electron chi connectivity index (χ1n) is 4.33. The molecule has 1 N–H and O–H groups in total. The summed E-state index contributed by atoms with van der Waals surface area (Å²) >= 11 is 11.8. The molecule has 1 rings (SSSR count). The zero-order valence-corrected chi connectivity index (χ0v) is 8.94. The summed E-state index contributed by atoms with van der Waals surface area (Å²) in [5, 5.41) is 2.76. The molecule has 0 bridgehead atoms. The fourth-order valence-electron chi connectivity index (χ4n) is 1.31. The minimum atomic E-state index is -0.267. The molecule has 0 amide bonds. The Balaban J connectivity index is 2.45. The van der Waals surface area contributed by atoms with Gasteiger partial charge in [0.2, 0.25) is 0 Å². The van der Waals surface area contributed by atoms with Crippen molar-refractivity contribution in [2.75, 3.05) is 13.2 Å². The van der Waals surface area contributed by atoms with E-state index in [0.29, 0.717) is 19.6 Å². The van der Waals surface area contributed by atoms with Gasteiger partial charge in [-0.2, -0.15) is 0 Å². The van der Waals surface area contributed by atoms with Crippen LogP contribution in [0.3, 0.4) is 0 Å². The minimum Gasteiger partial charge on any atom is -0.466 e. The van der Waals surface area contributed by atoms with Crippen LogP contribution in [0, 0.1) is 5.92 Å². The normalized spacial score (nSPS) is 34.2. The molecule has 1 saturated heterocycles. The summed E-state index contributed by atoms with van der Waals surface area (Å²) < 4.78 is 4.88. The lowest BCUT2D eigenvalue weighted by Gasteiger charge is -2.29. The number of carbonyl (C=O) groups is 1. The van der Waals surface area contributed by atoms with Gasteiger partial charge in [0.05, 0.1) is 23.4 Å². The Morgan fingerprint density at radius 3 is 2.85 bits per heavy atom. The molecule has 1 aliphatic rings. The predicted octanol–water partition coefficient (Wildman–Crippen LogP) is 1.33. The zero-order valence-electron chi connectivity index (χ0n) is 7.43. The molecule has 0 aromatic carbocycles. The van der Waals surface area contributed by atoms with Crippen LogP contribution < -0.4 is 5.32 Å². The number of esters is 1. The lowest BCUT2D eigenvalue weighted by atomic mass is 9.99. The second-order valence-electron chi connectivity index (χ2n) is 2.99. The maximum absolute atomic E-state index is 11.3. The molecular formula is C8H13Cl2NO2. The molecule has 0 aromatic rings. The molecule has 0 aromatic heterocycles. The van der Waals surface area contributed by atoms with Gasteiger partial charge in [0, 0.05) is 6.54 Å². The lowest BCUT2D eigenvalue weighted by molar-refractivity contribution is -0.148. The number of alkyl halides is 2. The Labute approximate surface area is 87.7 Å². The number of hydrogen-bond acceptors (Lipinski definition) is 3. The van der Waals surface area contributed by atoms with Gasteiger partial charge in [-0.3, -0.25) is 4.79 Å². The van der Waals surface area contributed by atoms with E-state index < -0.39 is 0 Å². The second kappa shape index (κ2) is 5.03. The number of halogens is 2. The Morgan fingerprint density at radius 1 is 1.62 bits per heavy atom. The smallest absolute Gasteiger partial charge is 0.311 e. The highest BCUT2D eigenvalue weighted by Crippen LogP contribution is 2.23. The quantitative estimate of drug-likeness (QED) is 0.438. The third-order valence-corrected chi connectivity index (χ3v) is 2.83. The van der Waals surface area contributed by atoms with Crippen molar-refractivity contribution >= 4 is 29.2 Å². The van der Waals surface area contributed by atoms with Crippen LogP contribution in [-0.2, 0) is 9.53 Å². The van der Waals surface area contributed by atoms with Crippen LogP contribution in [0.5, 0.6) is 0 Å². The summed E-state index contributed by atoms with van der Waals surface area (Å²) in [6, 6.07) is 0. The molecule has 3 nitrogen and oxygen atoms in total.